The molecule has 2 aromatic carbocycles. The van der Waals surface area contributed by atoms with Crippen LogP contribution in [0.15, 0.2) is 48.7 Å². The molecule has 0 spiro atoms. The van der Waals surface area contributed by atoms with E-state index in [1.165, 1.54) is 0 Å². The number of nitriles is 1. The third-order valence-corrected chi connectivity index (χ3v) is 12.3. The first-order chi connectivity index (χ1) is 25.2. The number of rotatable bonds is 9. The van der Waals surface area contributed by atoms with E-state index in [0.717, 1.165) is 42.4 Å². The van der Waals surface area contributed by atoms with Gasteiger partial charge in [0.15, 0.2) is 5.82 Å². The summed E-state index contributed by atoms with van der Waals surface area (Å²) in [5.41, 5.74) is 4.77. The second-order valence-corrected chi connectivity index (χ2v) is 15.5. The Morgan fingerprint density at radius 2 is 2.02 bits per heavy atom. The number of hydrogen-bond acceptors (Lipinski definition) is 7. The number of halogens is 3. The molecule has 266 valence electrons. The zero-order chi connectivity index (χ0) is 35.8. The molecular weight excluding hydrogens is 702 g/mol. The van der Waals surface area contributed by atoms with Crippen molar-refractivity contribution >= 4 is 50.9 Å². The first-order valence-electron chi connectivity index (χ1n) is 18.0. The number of hydrogen-bond donors (Lipinski definition) is 2. The van der Waals surface area contributed by atoms with Gasteiger partial charge in [0, 0.05) is 76.9 Å². The van der Waals surface area contributed by atoms with Crippen LogP contribution in [0.3, 0.4) is 0 Å². The molecule has 2 N–H and O–H groups in total. The molecule has 0 radical (unpaired) electrons. The van der Waals surface area contributed by atoms with Gasteiger partial charge in [-0.1, -0.05) is 35.3 Å². The number of aliphatic hydroxyl groups excluding tert-OH is 1. The number of pyridine rings is 2. The van der Waals surface area contributed by atoms with E-state index < -0.39 is 5.82 Å². The molecule has 2 aliphatic carbocycles. The van der Waals surface area contributed by atoms with Crippen molar-refractivity contribution in [3.8, 4) is 22.9 Å². The lowest BCUT2D eigenvalue weighted by atomic mass is 9.79. The predicted octanol–water partition coefficient (Wildman–Crippen LogP) is 7.62. The Morgan fingerprint density at radius 1 is 1.17 bits per heavy atom. The minimum atomic E-state index is -0.497. The standard InChI is InChI=1S/C40H37Cl2FN6O3/c1-20-28-16-33(32-15-26(18-48(32)40(51)21-7-8-21)52-25-9-11-45-24(14-25)19-50)49(38-23-13-31(38)46-17-23)39(28)29-12-22(4-3-10-44)34(36(43)37(29)47-20)27-5-2-6-30(41)35(27)42/h2,5-6,9,11-12,14,16,21,23,26,31-32,38,46,50H,3-4,7-8,13,15,17-19H2,1H3. The summed E-state index contributed by atoms with van der Waals surface area (Å²) in [6, 6.07) is 15.2. The van der Waals surface area contributed by atoms with Crippen LogP contribution in [0.25, 0.3) is 32.9 Å². The van der Waals surface area contributed by atoms with Crippen LogP contribution in [-0.4, -0.2) is 55.7 Å². The highest BCUT2D eigenvalue weighted by Gasteiger charge is 2.51. The van der Waals surface area contributed by atoms with Crippen LogP contribution in [0, 0.1) is 35.9 Å². The zero-order valence-electron chi connectivity index (χ0n) is 28.6. The predicted molar refractivity (Wildman–Crippen MR) is 197 cm³/mol. The Kier molecular flexibility index (Phi) is 8.38. The minimum Gasteiger partial charge on any atom is -0.488 e. The Hall–Kier alpha value is -4.27. The Balaban J connectivity index is 1.25. The quantitative estimate of drug-likeness (QED) is 0.160. The minimum absolute atomic E-state index is 0.0142. The lowest BCUT2D eigenvalue weighted by Gasteiger charge is -2.39. The summed E-state index contributed by atoms with van der Waals surface area (Å²) in [7, 11) is 0. The smallest absolute Gasteiger partial charge is 0.226 e. The van der Waals surface area contributed by atoms with Crippen molar-refractivity contribution in [2.75, 3.05) is 13.1 Å². The molecule has 2 saturated carbocycles. The molecule has 52 heavy (non-hydrogen) atoms. The van der Waals surface area contributed by atoms with Gasteiger partial charge < -0.3 is 24.6 Å². The van der Waals surface area contributed by atoms with Crippen LogP contribution in [-0.2, 0) is 17.8 Å². The number of ether oxygens (including phenoxy) is 1. The summed E-state index contributed by atoms with van der Waals surface area (Å²) >= 11 is 13.1. The van der Waals surface area contributed by atoms with Gasteiger partial charge in [0.05, 0.1) is 52.6 Å². The number of likely N-dealkylation sites (tertiary alicyclic amines) is 1. The van der Waals surface area contributed by atoms with Gasteiger partial charge in [0.1, 0.15) is 17.4 Å². The highest BCUT2D eigenvalue weighted by Crippen LogP contribution is 2.51. The molecule has 5 fully saturated rings. The van der Waals surface area contributed by atoms with Crippen LogP contribution in [0.5, 0.6) is 5.75 Å². The average molecular weight is 740 g/mol. The van der Waals surface area contributed by atoms with E-state index in [-0.39, 0.29) is 59.6 Å². The Morgan fingerprint density at radius 3 is 2.75 bits per heavy atom. The van der Waals surface area contributed by atoms with E-state index in [4.69, 9.17) is 32.9 Å². The third-order valence-electron chi connectivity index (χ3n) is 11.5. The Labute approximate surface area is 310 Å². The lowest BCUT2D eigenvalue weighted by molar-refractivity contribution is -0.133. The van der Waals surface area contributed by atoms with Gasteiger partial charge in [-0.3, -0.25) is 9.78 Å². The average Bonchev–Trinajstić information content (AvgIpc) is 3.43. The third kappa shape index (κ3) is 5.44. The van der Waals surface area contributed by atoms with E-state index in [1.807, 2.05) is 17.9 Å². The number of carbonyl (C=O) groups excluding carboxylic acids is 1. The second kappa shape index (κ2) is 13.0. The summed E-state index contributed by atoms with van der Waals surface area (Å²) in [5.74, 6) is 0.654. The van der Waals surface area contributed by atoms with E-state index >= 15 is 4.39 Å². The number of aromatic nitrogens is 3. The summed E-state index contributed by atoms with van der Waals surface area (Å²) in [4.78, 5) is 25.1. The number of carbonyl (C=O) groups is 1. The molecule has 10 rings (SSSR count). The van der Waals surface area contributed by atoms with Crippen LogP contribution in [0.1, 0.15) is 66.8 Å². The normalized spacial score (nSPS) is 23.7. The first-order valence-corrected chi connectivity index (χ1v) is 18.8. The van der Waals surface area contributed by atoms with Gasteiger partial charge in [0.25, 0.3) is 0 Å². The number of aliphatic hydroxyl groups is 1. The Bertz CT molecular complexity index is 2310. The van der Waals surface area contributed by atoms with Crippen LogP contribution in [0.2, 0.25) is 10.0 Å². The van der Waals surface area contributed by atoms with Gasteiger partial charge in [-0.05, 0) is 68.4 Å². The van der Waals surface area contributed by atoms with Crippen molar-refractivity contribution in [2.45, 2.75) is 76.3 Å². The van der Waals surface area contributed by atoms with Gasteiger partial charge in [0.2, 0.25) is 5.91 Å². The molecular formula is C40H37Cl2FN6O3. The van der Waals surface area contributed by atoms with Gasteiger partial charge in [-0.25, -0.2) is 9.37 Å². The monoisotopic (exact) mass is 738 g/mol. The van der Waals surface area contributed by atoms with Crippen LogP contribution >= 0.6 is 23.2 Å². The van der Waals surface area contributed by atoms with E-state index in [1.54, 1.807) is 36.5 Å². The lowest BCUT2D eigenvalue weighted by Crippen LogP contribution is -2.41. The highest BCUT2D eigenvalue weighted by molar-refractivity contribution is 6.43. The molecule has 5 aromatic rings. The van der Waals surface area contributed by atoms with Crippen LogP contribution in [0.4, 0.5) is 4.39 Å². The molecule has 2 bridgehead atoms. The molecule has 5 unspecified atom stereocenters. The van der Waals surface area contributed by atoms with E-state index in [0.29, 0.717) is 69.5 Å². The number of aryl methyl sites for hydroxylation is 2. The topological polar surface area (TPSA) is 116 Å². The molecule has 5 aliphatic rings. The molecule has 3 aliphatic heterocycles. The SMILES string of the molecule is Cc1nc2c(F)c(-c3cccc(Cl)c3Cl)c(CCC#N)cc2c2c1cc(C1CC(Oc3ccnc(CO)c3)CN1C(=O)C1CC1)n2C1C2CNC1C2. The number of amides is 1. The number of fused-ring (bicyclic) bond motifs is 4. The molecule has 1 amide bonds. The second-order valence-electron chi connectivity index (χ2n) is 14.7. The fraction of sp³-hybridized carbons (Fsp3) is 0.400. The van der Waals surface area contributed by atoms with Crippen molar-refractivity contribution < 1.29 is 19.0 Å². The molecule has 3 saturated heterocycles. The van der Waals surface area contributed by atoms with Crippen LogP contribution < -0.4 is 10.1 Å². The number of nitrogens with one attached hydrogen (secondary N) is 1. The van der Waals surface area contributed by atoms with Gasteiger partial charge in [-0.2, -0.15) is 5.26 Å². The van der Waals surface area contributed by atoms with E-state index in [2.05, 4.69) is 27.0 Å². The summed E-state index contributed by atoms with van der Waals surface area (Å²) in [6.45, 7) is 3.05. The van der Waals surface area contributed by atoms with Gasteiger partial charge >= 0.3 is 0 Å². The van der Waals surface area contributed by atoms with Crippen molar-refractivity contribution in [2.24, 2.45) is 11.8 Å². The summed E-state index contributed by atoms with van der Waals surface area (Å²) < 4.78 is 26.1. The fourth-order valence-corrected chi connectivity index (χ4v) is 9.27. The van der Waals surface area contributed by atoms with Gasteiger partial charge in [-0.15, -0.1) is 0 Å². The highest BCUT2D eigenvalue weighted by atomic mass is 35.5. The fourth-order valence-electron chi connectivity index (χ4n) is 8.88. The maximum absolute atomic E-state index is 17.2. The maximum Gasteiger partial charge on any atom is 0.226 e. The maximum atomic E-state index is 17.2. The molecule has 6 heterocycles. The number of nitrogens with zero attached hydrogens (tertiary/aromatic N) is 5. The molecule has 5 atom stereocenters. The van der Waals surface area contributed by atoms with Crippen molar-refractivity contribution in [3.05, 3.63) is 87.2 Å². The van der Waals surface area contributed by atoms with Crippen molar-refractivity contribution in [1.29, 1.82) is 5.26 Å². The summed E-state index contributed by atoms with van der Waals surface area (Å²) in [6.07, 6.45) is 5.25. The van der Waals surface area contributed by atoms with Crippen molar-refractivity contribution in [3.63, 3.8) is 0 Å². The molecule has 9 nitrogen and oxygen atoms in total. The summed E-state index contributed by atoms with van der Waals surface area (Å²) in [5, 5.41) is 25.1. The number of benzene rings is 2. The zero-order valence-corrected chi connectivity index (χ0v) is 30.1. The van der Waals surface area contributed by atoms with Crippen molar-refractivity contribution in [1.82, 2.24) is 24.8 Å². The molecule has 12 heteroatoms. The first kappa shape index (κ1) is 33.6. The van der Waals surface area contributed by atoms with E-state index in [9.17, 15) is 15.2 Å². The molecule has 3 aromatic heterocycles. The largest absolute Gasteiger partial charge is 0.488 e.